The molecule has 0 aliphatic rings. The van der Waals surface area contributed by atoms with E-state index in [4.69, 9.17) is 27.9 Å². The van der Waals surface area contributed by atoms with Gasteiger partial charge in [-0.15, -0.1) is 0 Å². The van der Waals surface area contributed by atoms with Crippen LogP contribution in [0.2, 0.25) is 10.0 Å². The molecule has 1 N–H and O–H groups in total. The molecule has 1 heterocycles. The van der Waals surface area contributed by atoms with Gasteiger partial charge >= 0.3 is 0 Å². The topological polar surface area (TPSA) is 43.3 Å². The molecule has 0 spiro atoms. The highest BCUT2D eigenvalue weighted by molar-refractivity contribution is 6.34. The average Bonchev–Trinajstić information content (AvgIpc) is 2.44. The van der Waals surface area contributed by atoms with E-state index in [1.807, 2.05) is 12.1 Å². The molecule has 0 saturated carbocycles. The van der Waals surface area contributed by atoms with Gasteiger partial charge in [-0.3, -0.25) is 4.79 Å². The zero-order valence-corrected chi connectivity index (χ0v) is 13.1. The highest BCUT2D eigenvalue weighted by Crippen LogP contribution is 2.19. The van der Waals surface area contributed by atoms with Crippen molar-refractivity contribution < 1.29 is 4.74 Å². The SMILES string of the molecule is COCCn1cc(NCc2cc(Cl)cc(Cl)c2)ccc1=O. The first-order valence-corrected chi connectivity index (χ1v) is 7.22. The number of hydrogen-bond donors (Lipinski definition) is 1. The minimum absolute atomic E-state index is 0.0524. The second-order valence-corrected chi connectivity index (χ2v) is 5.45. The minimum Gasteiger partial charge on any atom is -0.383 e. The Hall–Kier alpha value is -1.49. The summed E-state index contributed by atoms with van der Waals surface area (Å²) in [5.74, 6) is 0. The normalized spacial score (nSPS) is 10.6. The Balaban J connectivity index is 2.07. The van der Waals surface area contributed by atoms with E-state index < -0.39 is 0 Å². The molecule has 0 aliphatic carbocycles. The Morgan fingerprint density at radius 1 is 1.19 bits per heavy atom. The lowest BCUT2D eigenvalue weighted by atomic mass is 10.2. The third-order valence-electron chi connectivity index (χ3n) is 2.94. The molecule has 112 valence electrons. The molecule has 2 aromatic rings. The van der Waals surface area contributed by atoms with Crippen molar-refractivity contribution in [3.8, 4) is 0 Å². The zero-order valence-electron chi connectivity index (χ0n) is 11.6. The predicted molar refractivity (Wildman–Crippen MR) is 86.4 cm³/mol. The van der Waals surface area contributed by atoms with Crippen LogP contribution in [0, 0.1) is 0 Å². The summed E-state index contributed by atoms with van der Waals surface area (Å²) < 4.78 is 6.59. The van der Waals surface area contributed by atoms with Crippen LogP contribution in [0.5, 0.6) is 0 Å². The molecule has 2 rings (SSSR count). The number of ether oxygens (including phenoxy) is 1. The number of halogens is 2. The van der Waals surface area contributed by atoms with Gasteiger partial charge < -0.3 is 14.6 Å². The molecular weight excluding hydrogens is 311 g/mol. The van der Waals surface area contributed by atoms with Gasteiger partial charge in [-0.2, -0.15) is 0 Å². The average molecular weight is 327 g/mol. The fraction of sp³-hybridized carbons (Fsp3) is 0.267. The second-order valence-electron chi connectivity index (χ2n) is 4.57. The quantitative estimate of drug-likeness (QED) is 0.884. The van der Waals surface area contributed by atoms with Crippen molar-refractivity contribution in [3.63, 3.8) is 0 Å². The van der Waals surface area contributed by atoms with Crippen LogP contribution in [0.4, 0.5) is 5.69 Å². The number of nitrogens with zero attached hydrogens (tertiary/aromatic N) is 1. The van der Waals surface area contributed by atoms with Crippen molar-refractivity contribution >= 4 is 28.9 Å². The summed E-state index contributed by atoms with van der Waals surface area (Å²) in [5.41, 5.74) is 1.77. The van der Waals surface area contributed by atoms with Gasteiger partial charge in [0, 0.05) is 42.5 Å². The second kappa shape index (κ2) is 7.50. The molecule has 6 heteroatoms. The first-order valence-electron chi connectivity index (χ1n) is 6.47. The van der Waals surface area contributed by atoms with Gasteiger partial charge in [0.2, 0.25) is 0 Å². The van der Waals surface area contributed by atoms with Crippen LogP contribution in [0.15, 0.2) is 41.3 Å². The molecule has 0 unspecified atom stereocenters. The highest BCUT2D eigenvalue weighted by atomic mass is 35.5. The molecular formula is C15H16Cl2N2O2. The van der Waals surface area contributed by atoms with E-state index in [0.717, 1.165) is 11.3 Å². The van der Waals surface area contributed by atoms with E-state index in [0.29, 0.717) is 29.7 Å². The third-order valence-corrected chi connectivity index (χ3v) is 3.38. The number of aromatic nitrogens is 1. The van der Waals surface area contributed by atoms with Crippen LogP contribution in [-0.4, -0.2) is 18.3 Å². The summed E-state index contributed by atoms with van der Waals surface area (Å²) in [5, 5.41) is 4.44. The van der Waals surface area contributed by atoms with E-state index in [-0.39, 0.29) is 5.56 Å². The molecule has 0 aliphatic heterocycles. The molecule has 21 heavy (non-hydrogen) atoms. The predicted octanol–water partition coefficient (Wildman–Crippen LogP) is 3.41. The largest absolute Gasteiger partial charge is 0.383 e. The van der Waals surface area contributed by atoms with Gasteiger partial charge in [-0.1, -0.05) is 23.2 Å². The van der Waals surface area contributed by atoms with Gasteiger partial charge in [0.15, 0.2) is 0 Å². The molecule has 1 aromatic carbocycles. The van der Waals surface area contributed by atoms with Crippen molar-refractivity contribution in [2.24, 2.45) is 0 Å². The molecule has 0 radical (unpaired) electrons. The summed E-state index contributed by atoms with van der Waals surface area (Å²) in [6.07, 6.45) is 1.77. The Kier molecular flexibility index (Phi) is 5.67. The maximum atomic E-state index is 11.7. The van der Waals surface area contributed by atoms with E-state index in [1.165, 1.54) is 6.07 Å². The number of anilines is 1. The number of rotatable bonds is 6. The van der Waals surface area contributed by atoms with Gasteiger partial charge in [0.05, 0.1) is 12.3 Å². The first kappa shape index (κ1) is 15.9. The van der Waals surface area contributed by atoms with Crippen LogP contribution >= 0.6 is 23.2 Å². The number of methoxy groups -OCH3 is 1. The Morgan fingerprint density at radius 3 is 2.57 bits per heavy atom. The van der Waals surface area contributed by atoms with E-state index in [9.17, 15) is 4.79 Å². The lowest BCUT2D eigenvalue weighted by Gasteiger charge is -2.10. The van der Waals surface area contributed by atoms with Crippen molar-refractivity contribution in [2.45, 2.75) is 13.1 Å². The van der Waals surface area contributed by atoms with Crippen LogP contribution in [0.25, 0.3) is 0 Å². The van der Waals surface area contributed by atoms with Gasteiger partial charge in [-0.05, 0) is 29.8 Å². The molecule has 4 nitrogen and oxygen atoms in total. The summed E-state index contributed by atoms with van der Waals surface area (Å²) in [6, 6.07) is 8.67. The lowest BCUT2D eigenvalue weighted by Crippen LogP contribution is -2.21. The first-order chi connectivity index (χ1) is 10.1. The van der Waals surface area contributed by atoms with Crippen LogP contribution < -0.4 is 10.9 Å². The molecule has 1 aromatic heterocycles. The number of benzene rings is 1. The van der Waals surface area contributed by atoms with Crippen LogP contribution in [0.1, 0.15) is 5.56 Å². The number of hydrogen-bond acceptors (Lipinski definition) is 3. The monoisotopic (exact) mass is 326 g/mol. The lowest BCUT2D eigenvalue weighted by molar-refractivity contribution is 0.186. The molecule has 0 fully saturated rings. The van der Waals surface area contributed by atoms with Crippen LogP contribution in [-0.2, 0) is 17.8 Å². The Bertz CT molecular complexity index is 651. The molecule has 0 atom stereocenters. The standard InChI is InChI=1S/C15H16Cl2N2O2/c1-21-5-4-19-10-14(2-3-15(19)20)18-9-11-6-12(16)8-13(17)7-11/h2-3,6-8,10,18H,4-5,9H2,1H3. The highest BCUT2D eigenvalue weighted by Gasteiger charge is 2.01. The number of pyridine rings is 1. The van der Waals surface area contributed by atoms with E-state index in [1.54, 1.807) is 30.0 Å². The van der Waals surface area contributed by atoms with Crippen molar-refractivity contribution in [2.75, 3.05) is 19.0 Å². The Morgan fingerprint density at radius 2 is 1.90 bits per heavy atom. The fourth-order valence-electron chi connectivity index (χ4n) is 1.92. The van der Waals surface area contributed by atoms with Gasteiger partial charge in [-0.25, -0.2) is 0 Å². The third kappa shape index (κ3) is 4.77. The maximum Gasteiger partial charge on any atom is 0.250 e. The maximum absolute atomic E-state index is 11.7. The summed E-state index contributed by atoms with van der Waals surface area (Å²) >= 11 is 11.9. The van der Waals surface area contributed by atoms with Crippen molar-refractivity contribution in [3.05, 3.63) is 62.5 Å². The summed E-state index contributed by atoms with van der Waals surface area (Å²) in [7, 11) is 1.61. The minimum atomic E-state index is -0.0524. The van der Waals surface area contributed by atoms with Gasteiger partial charge in [0.1, 0.15) is 0 Å². The molecule has 0 amide bonds. The fourth-order valence-corrected chi connectivity index (χ4v) is 2.49. The van der Waals surface area contributed by atoms with Gasteiger partial charge in [0.25, 0.3) is 5.56 Å². The smallest absolute Gasteiger partial charge is 0.250 e. The summed E-state index contributed by atoms with van der Waals surface area (Å²) in [4.78, 5) is 11.7. The molecule has 0 saturated heterocycles. The Labute approximate surface area is 133 Å². The van der Waals surface area contributed by atoms with E-state index >= 15 is 0 Å². The van der Waals surface area contributed by atoms with E-state index in [2.05, 4.69) is 5.32 Å². The molecule has 0 bridgehead atoms. The van der Waals surface area contributed by atoms with Crippen LogP contribution in [0.3, 0.4) is 0 Å². The zero-order chi connectivity index (χ0) is 15.2. The number of nitrogens with one attached hydrogen (secondary N) is 1. The van der Waals surface area contributed by atoms with Crippen molar-refractivity contribution in [1.29, 1.82) is 0 Å². The summed E-state index contributed by atoms with van der Waals surface area (Å²) in [6.45, 7) is 1.59. The van der Waals surface area contributed by atoms with Crippen molar-refractivity contribution in [1.82, 2.24) is 4.57 Å².